The number of unbranched alkanes of at least 4 members (excludes halogenated alkanes) is 1. The lowest BCUT2D eigenvalue weighted by molar-refractivity contribution is -0.437. The van der Waals surface area contributed by atoms with Gasteiger partial charge in [0.15, 0.2) is 17.9 Å². The van der Waals surface area contributed by atoms with Gasteiger partial charge in [-0.2, -0.15) is 0 Å². The number of hydrogen-bond acceptors (Lipinski definition) is 6. The average Bonchev–Trinajstić information content (AvgIpc) is 2.91. The van der Waals surface area contributed by atoms with E-state index in [4.69, 9.17) is 30.1 Å². The van der Waals surface area contributed by atoms with Crippen molar-refractivity contribution in [2.24, 2.45) is 11.8 Å². The van der Waals surface area contributed by atoms with Crippen LogP contribution < -0.4 is 0 Å². The molecule has 6 nitrogen and oxygen atoms in total. The lowest BCUT2D eigenvalue weighted by Gasteiger charge is -2.59. The van der Waals surface area contributed by atoms with Crippen LogP contribution in [0.3, 0.4) is 0 Å². The van der Waals surface area contributed by atoms with E-state index in [2.05, 4.69) is 5.92 Å². The quantitative estimate of drug-likeness (QED) is 0.572. The van der Waals surface area contributed by atoms with Crippen LogP contribution in [-0.2, 0) is 30.3 Å². The summed E-state index contributed by atoms with van der Waals surface area (Å²) >= 11 is 0. The van der Waals surface area contributed by atoms with E-state index in [0.29, 0.717) is 32.7 Å². The molecule has 2 heterocycles. The highest BCUT2D eigenvalue weighted by Crippen LogP contribution is 2.59. The molecular weight excluding hydrogens is 360 g/mol. The highest BCUT2D eigenvalue weighted by atomic mass is 16.8. The normalized spacial score (nSPS) is 38.1. The van der Waals surface area contributed by atoms with Gasteiger partial charge >= 0.3 is 0 Å². The van der Waals surface area contributed by atoms with Crippen molar-refractivity contribution in [1.29, 1.82) is 0 Å². The van der Waals surface area contributed by atoms with Crippen LogP contribution >= 0.6 is 0 Å². The van der Waals surface area contributed by atoms with Gasteiger partial charge in [-0.1, -0.05) is 30.3 Å². The molecule has 2 saturated heterocycles. The molecule has 0 spiro atoms. The molecule has 1 saturated carbocycles. The van der Waals surface area contributed by atoms with Crippen LogP contribution in [0.15, 0.2) is 30.3 Å². The average molecular weight is 388 g/mol. The van der Waals surface area contributed by atoms with Gasteiger partial charge in [0.05, 0.1) is 37.8 Å². The van der Waals surface area contributed by atoms with Gasteiger partial charge in [0.2, 0.25) is 0 Å². The molecule has 2 aliphatic heterocycles. The maximum Gasteiger partial charge on any atom is 0.187 e. The SMILES string of the molecule is C#CCCCO[C@@H]1OC2(OCc3ccccc3)C3COC(C)(C)O[C@H]3C2C1O. The molecule has 1 aliphatic carbocycles. The number of hydrogen-bond donors (Lipinski definition) is 1. The number of aliphatic hydroxyl groups excluding tert-OH is 1. The summed E-state index contributed by atoms with van der Waals surface area (Å²) in [5, 5.41) is 10.9. The van der Waals surface area contributed by atoms with E-state index >= 15 is 0 Å². The van der Waals surface area contributed by atoms with Crippen molar-refractivity contribution in [3.8, 4) is 12.3 Å². The molecule has 1 aromatic rings. The standard InChI is InChI=1S/C22H28O6/c1-4-5-9-12-24-20-18(23)17-19-16(14-25-21(2,3)27-19)22(17,28-20)26-13-15-10-7-6-8-11-15/h1,6-8,10-11,16-20,23H,5,9,12-14H2,2-3H3/t16?,17?,18?,19-,20-,22?/m1/s1. The van der Waals surface area contributed by atoms with E-state index in [1.54, 1.807) is 0 Å². The Labute approximate surface area is 166 Å². The van der Waals surface area contributed by atoms with Gasteiger partial charge in [0, 0.05) is 6.42 Å². The molecule has 28 heavy (non-hydrogen) atoms. The van der Waals surface area contributed by atoms with Crippen molar-refractivity contribution in [3.63, 3.8) is 0 Å². The monoisotopic (exact) mass is 388 g/mol. The first kappa shape index (κ1) is 19.8. The molecule has 1 N–H and O–H groups in total. The summed E-state index contributed by atoms with van der Waals surface area (Å²) in [6, 6.07) is 9.89. The summed E-state index contributed by atoms with van der Waals surface area (Å²) in [6.07, 6.45) is 4.82. The third-order valence-electron chi connectivity index (χ3n) is 5.76. The number of rotatable bonds is 7. The topological polar surface area (TPSA) is 66.4 Å². The maximum atomic E-state index is 10.9. The zero-order valence-corrected chi connectivity index (χ0v) is 16.4. The fraction of sp³-hybridized carbons (Fsp3) is 0.636. The second kappa shape index (κ2) is 7.75. The van der Waals surface area contributed by atoms with E-state index in [1.807, 2.05) is 44.2 Å². The van der Waals surface area contributed by atoms with Gasteiger partial charge in [-0.25, -0.2) is 0 Å². The Morgan fingerprint density at radius 3 is 2.79 bits per heavy atom. The van der Waals surface area contributed by atoms with Crippen LogP contribution in [0.25, 0.3) is 0 Å². The van der Waals surface area contributed by atoms with Gasteiger partial charge in [0.25, 0.3) is 0 Å². The Hall–Kier alpha value is -1.46. The molecule has 6 atom stereocenters. The van der Waals surface area contributed by atoms with E-state index < -0.39 is 24.0 Å². The Bertz CT molecular complexity index is 713. The predicted octanol–water partition coefficient (Wildman–Crippen LogP) is 2.44. The molecule has 1 aromatic carbocycles. The van der Waals surface area contributed by atoms with E-state index in [-0.39, 0.29) is 17.9 Å². The highest BCUT2D eigenvalue weighted by molar-refractivity contribution is 5.17. The van der Waals surface area contributed by atoms with Crippen molar-refractivity contribution in [2.45, 2.75) is 63.4 Å². The molecule has 4 unspecified atom stereocenters. The molecule has 4 rings (SSSR count). The van der Waals surface area contributed by atoms with E-state index in [9.17, 15) is 5.11 Å². The Morgan fingerprint density at radius 2 is 2.04 bits per heavy atom. The third-order valence-corrected chi connectivity index (χ3v) is 5.76. The van der Waals surface area contributed by atoms with Gasteiger partial charge in [-0.3, -0.25) is 0 Å². The zero-order chi connectivity index (χ0) is 19.8. The number of aliphatic hydroxyl groups is 1. The van der Waals surface area contributed by atoms with Gasteiger partial charge in [-0.15, -0.1) is 12.3 Å². The number of ether oxygens (including phenoxy) is 5. The van der Waals surface area contributed by atoms with Crippen LogP contribution in [-0.4, -0.2) is 48.4 Å². The lowest BCUT2D eigenvalue weighted by Crippen LogP contribution is -2.73. The molecule has 0 aromatic heterocycles. The predicted molar refractivity (Wildman–Crippen MR) is 101 cm³/mol. The zero-order valence-electron chi connectivity index (χ0n) is 16.4. The summed E-state index contributed by atoms with van der Waals surface area (Å²) < 4.78 is 30.2. The molecule has 152 valence electrons. The van der Waals surface area contributed by atoms with E-state index in [0.717, 1.165) is 5.56 Å². The van der Waals surface area contributed by atoms with Crippen LogP contribution in [0.2, 0.25) is 0 Å². The molecule has 0 radical (unpaired) electrons. The second-order valence-corrected chi connectivity index (χ2v) is 8.08. The van der Waals surface area contributed by atoms with E-state index in [1.165, 1.54) is 0 Å². The Balaban J connectivity index is 1.50. The maximum absolute atomic E-state index is 10.9. The Morgan fingerprint density at radius 1 is 1.25 bits per heavy atom. The minimum atomic E-state index is -0.979. The molecule has 6 heteroatoms. The molecule has 3 fully saturated rings. The van der Waals surface area contributed by atoms with Crippen LogP contribution in [0, 0.1) is 24.2 Å². The van der Waals surface area contributed by atoms with Gasteiger partial charge in [0.1, 0.15) is 6.10 Å². The largest absolute Gasteiger partial charge is 0.387 e. The van der Waals surface area contributed by atoms with Crippen molar-refractivity contribution >= 4 is 0 Å². The summed E-state index contributed by atoms with van der Waals surface area (Å²) in [4.78, 5) is 0. The Kier molecular flexibility index (Phi) is 5.49. The fourth-order valence-electron chi connectivity index (χ4n) is 4.39. The third kappa shape index (κ3) is 3.48. The van der Waals surface area contributed by atoms with Gasteiger partial charge in [-0.05, 0) is 25.8 Å². The summed E-state index contributed by atoms with van der Waals surface area (Å²) in [6.45, 7) is 5.00. The second-order valence-electron chi connectivity index (χ2n) is 8.08. The highest BCUT2D eigenvalue weighted by Gasteiger charge is 2.75. The molecule has 0 amide bonds. The van der Waals surface area contributed by atoms with Crippen molar-refractivity contribution in [2.75, 3.05) is 13.2 Å². The van der Waals surface area contributed by atoms with Crippen molar-refractivity contribution in [3.05, 3.63) is 35.9 Å². The minimum Gasteiger partial charge on any atom is -0.387 e. The van der Waals surface area contributed by atoms with Crippen LogP contribution in [0.5, 0.6) is 0 Å². The number of benzene rings is 1. The van der Waals surface area contributed by atoms with Crippen molar-refractivity contribution in [1.82, 2.24) is 0 Å². The minimum absolute atomic E-state index is 0.122. The summed E-state index contributed by atoms with van der Waals surface area (Å²) in [5.74, 6) is 0.457. The number of terminal acetylenes is 1. The first-order valence-electron chi connectivity index (χ1n) is 9.87. The lowest BCUT2D eigenvalue weighted by atomic mass is 9.64. The molecular formula is C22H28O6. The molecule has 3 aliphatic rings. The van der Waals surface area contributed by atoms with Crippen LogP contribution in [0.1, 0.15) is 32.3 Å². The summed E-state index contributed by atoms with van der Waals surface area (Å²) in [5.41, 5.74) is 1.04. The molecule has 0 bridgehead atoms. The summed E-state index contributed by atoms with van der Waals surface area (Å²) in [7, 11) is 0. The first-order chi connectivity index (χ1) is 13.5. The van der Waals surface area contributed by atoms with Gasteiger partial charge < -0.3 is 28.8 Å². The smallest absolute Gasteiger partial charge is 0.187 e. The fourth-order valence-corrected chi connectivity index (χ4v) is 4.39. The first-order valence-corrected chi connectivity index (χ1v) is 9.87. The van der Waals surface area contributed by atoms with Crippen molar-refractivity contribution < 1.29 is 28.8 Å². The van der Waals surface area contributed by atoms with Crippen LogP contribution in [0.4, 0.5) is 0 Å². The number of fused-ring (bicyclic) bond motifs is 4.